The number of methoxy groups -OCH3 is 1. The molecule has 1 atom stereocenters. The highest BCUT2D eigenvalue weighted by molar-refractivity contribution is 8.00. The number of nitrogens with zero attached hydrogens (tertiary/aromatic N) is 2. The molecule has 0 radical (unpaired) electrons. The van der Waals surface area contributed by atoms with Gasteiger partial charge in [-0.3, -0.25) is 4.79 Å². The molecule has 0 unspecified atom stereocenters. The van der Waals surface area contributed by atoms with Crippen molar-refractivity contribution in [3.05, 3.63) is 42.6 Å². The van der Waals surface area contributed by atoms with Crippen LogP contribution in [0.25, 0.3) is 0 Å². The summed E-state index contributed by atoms with van der Waals surface area (Å²) in [5.41, 5.74) is 0.600. The van der Waals surface area contributed by atoms with E-state index in [1.165, 1.54) is 22.3 Å². The molecular weight excluding hydrogens is 398 g/mol. The van der Waals surface area contributed by atoms with Crippen molar-refractivity contribution in [1.82, 2.24) is 9.29 Å². The van der Waals surface area contributed by atoms with Gasteiger partial charge in [0.05, 0.1) is 23.1 Å². The quantitative estimate of drug-likeness (QED) is 0.692. The smallest absolute Gasteiger partial charge is 0.244 e. The molecule has 1 aliphatic rings. The number of benzene rings is 1. The van der Waals surface area contributed by atoms with E-state index >= 15 is 0 Å². The topological polar surface area (TPSA) is 88.6 Å². The Labute approximate surface area is 169 Å². The van der Waals surface area contributed by atoms with Crippen LogP contribution in [0.3, 0.4) is 0 Å². The highest BCUT2D eigenvalue weighted by atomic mass is 32.2. The molecule has 28 heavy (non-hydrogen) atoms. The molecule has 1 N–H and O–H groups in total. The molecule has 1 aliphatic heterocycles. The molecular formula is C19H23N3O4S2. The molecule has 7 nitrogen and oxygen atoms in total. The van der Waals surface area contributed by atoms with Crippen molar-refractivity contribution in [3.63, 3.8) is 0 Å². The fourth-order valence-corrected chi connectivity index (χ4v) is 5.13. The predicted molar refractivity (Wildman–Crippen MR) is 109 cm³/mol. The van der Waals surface area contributed by atoms with Crippen LogP contribution in [0.1, 0.15) is 19.8 Å². The Balaban J connectivity index is 1.64. The molecule has 1 fully saturated rings. The number of thioether (sulfide) groups is 1. The lowest BCUT2D eigenvalue weighted by Crippen LogP contribution is -2.28. The van der Waals surface area contributed by atoms with E-state index in [-0.39, 0.29) is 10.8 Å². The molecule has 2 aromatic rings. The summed E-state index contributed by atoms with van der Waals surface area (Å²) in [6, 6.07) is 10.4. The maximum Gasteiger partial charge on any atom is 0.244 e. The number of carbonyl (C=O) groups excluding carboxylic acids is 1. The van der Waals surface area contributed by atoms with Crippen molar-refractivity contribution >= 4 is 33.4 Å². The van der Waals surface area contributed by atoms with Gasteiger partial charge in [0.15, 0.2) is 0 Å². The number of hydrogen-bond acceptors (Lipinski definition) is 6. The maximum absolute atomic E-state index is 12.5. The van der Waals surface area contributed by atoms with Crippen molar-refractivity contribution in [2.45, 2.75) is 34.9 Å². The second-order valence-electron chi connectivity index (χ2n) is 6.39. The lowest BCUT2D eigenvalue weighted by atomic mass is 10.3. The van der Waals surface area contributed by atoms with Crippen LogP contribution in [-0.2, 0) is 14.8 Å². The van der Waals surface area contributed by atoms with Gasteiger partial charge in [0.2, 0.25) is 15.9 Å². The summed E-state index contributed by atoms with van der Waals surface area (Å²) in [6.07, 6.45) is 3.14. The van der Waals surface area contributed by atoms with Crippen molar-refractivity contribution in [1.29, 1.82) is 0 Å². The van der Waals surface area contributed by atoms with E-state index in [1.54, 1.807) is 38.3 Å². The number of para-hydroxylation sites is 2. The first-order valence-corrected chi connectivity index (χ1v) is 11.3. The minimum Gasteiger partial charge on any atom is -0.495 e. The zero-order valence-corrected chi connectivity index (χ0v) is 17.4. The average molecular weight is 422 g/mol. The van der Waals surface area contributed by atoms with Crippen LogP contribution in [0.5, 0.6) is 5.75 Å². The molecule has 0 spiro atoms. The molecule has 1 aromatic heterocycles. The molecule has 150 valence electrons. The molecule has 9 heteroatoms. The lowest BCUT2D eigenvalue weighted by Gasteiger charge is -2.16. The van der Waals surface area contributed by atoms with Gasteiger partial charge >= 0.3 is 0 Å². The van der Waals surface area contributed by atoms with Crippen molar-refractivity contribution < 1.29 is 17.9 Å². The number of rotatable bonds is 7. The summed E-state index contributed by atoms with van der Waals surface area (Å²) in [5.74, 6) is 0.396. The molecule has 0 aliphatic carbocycles. The van der Waals surface area contributed by atoms with Gasteiger partial charge in [-0.05, 0) is 44.0 Å². The monoisotopic (exact) mass is 421 g/mol. The van der Waals surface area contributed by atoms with Crippen LogP contribution in [0.4, 0.5) is 5.69 Å². The fraction of sp³-hybridized carbons (Fsp3) is 0.368. The van der Waals surface area contributed by atoms with Gasteiger partial charge in [0, 0.05) is 19.3 Å². The van der Waals surface area contributed by atoms with Crippen LogP contribution in [-0.4, -0.2) is 49.1 Å². The van der Waals surface area contributed by atoms with Gasteiger partial charge in [0.25, 0.3) is 0 Å². The Morgan fingerprint density at radius 1 is 1.21 bits per heavy atom. The Hall–Kier alpha value is -2.10. The van der Waals surface area contributed by atoms with Gasteiger partial charge in [-0.15, -0.1) is 0 Å². The van der Waals surface area contributed by atoms with Crippen LogP contribution >= 0.6 is 11.8 Å². The lowest BCUT2D eigenvalue weighted by molar-refractivity contribution is -0.115. The third kappa shape index (κ3) is 4.65. The minimum absolute atomic E-state index is 0.185. The Morgan fingerprint density at radius 3 is 2.57 bits per heavy atom. The van der Waals surface area contributed by atoms with E-state index in [9.17, 15) is 13.2 Å². The van der Waals surface area contributed by atoms with Crippen LogP contribution in [0, 0.1) is 0 Å². The number of hydrogen-bond donors (Lipinski definition) is 1. The minimum atomic E-state index is -3.48. The van der Waals surface area contributed by atoms with Crippen LogP contribution < -0.4 is 10.1 Å². The molecule has 0 bridgehead atoms. The van der Waals surface area contributed by atoms with Gasteiger partial charge in [0.1, 0.15) is 10.6 Å². The Bertz CT molecular complexity index is 926. The molecule has 2 heterocycles. The molecule has 0 saturated carbocycles. The number of ether oxygens (including phenoxy) is 1. The van der Waals surface area contributed by atoms with E-state index in [0.29, 0.717) is 29.6 Å². The first-order chi connectivity index (χ1) is 13.4. The van der Waals surface area contributed by atoms with Crippen molar-refractivity contribution in [2.75, 3.05) is 25.5 Å². The van der Waals surface area contributed by atoms with E-state index in [0.717, 1.165) is 12.8 Å². The van der Waals surface area contributed by atoms with Gasteiger partial charge in [-0.1, -0.05) is 23.9 Å². The molecule has 1 saturated heterocycles. The second kappa shape index (κ2) is 8.93. The molecule has 1 aromatic carbocycles. The normalized spacial score (nSPS) is 15.9. The highest BCUT2D eigenvalue weighted by Crippen LogP contribution is 2.27. The molecule has 3 rings (SSSR count). The SMILES string of the molecule is COc1ccccc1NC(=O)[C@@H](C)Sc1ccc(S(=O)(=O)N2CCCC2)cn1. The maximum atomic E-state index is 12.5. The Kier molecular flexibility index (Phi) is 6.58. The van der Waals surface area contributed by atoms with Crippen LogP contribution in [0.2, 0.25) is 0 Å². The number of nitrogens with one attached hydrogen (secondary N) is 1. The van der Waals surface area contributed by atoms with Gasteiger partial charge in [-0.2, -0.15) is 4.31 Å². The third-order valence-electron chi connectivity index (χ3n) is 4.44. The average Bonchev–Trinajstić information content (AvgIpc) is 3.24. The van der Waals surface area contributed by atoms with Gasteiger partial charge in [-0.25, -0.2) is 13.4 Å². The van der Waals surface area contributed by atoms with E-state index < -0.39 is 15.3 Å². The first-order valence-electron chi connectivity index (χ1n) is 8.98. The second-order valence-corrected chi connectivity index (χ2v) is 9.69. The third-order valence-corrected chi connectivity index (χ3v) is 7.38. The number of pyridine rings is 1. The largest absolute Gasteiger partial charge is 0.495 e. The number of amides is 1. The van der Waals surface area contributed by atoms with E-state index in [4.69, 9.17) is 4.74 Å². The number of sulfonamides is 1. The highest BCUT2D eigenvalue weighted by Gasteiger charge is 2.27. The van der Waals surface area contributed by atoms with E-state index in [1.807, 2.05) is 12.1 Å². The number of carbonyl (C=O) groups is 1. The predicted octanol–water partition coefficient (Wildman–Crippen LogP) is 2.99. The van der Waals surface area contributed by atoms with Crippen molar-refractivity contribution in [2.24, 2.45) is 0 Å². The summed E-state index contributed by atoms with van der Waals surface area (Å²) < 4.78 is 31.8. The summed E-state index contributed by atoms with van der Waals surface area (Å²) in [6.45, 7) is 2.88. The summed E-state index contributed by atoms with van der Waals surface area (Å²) in [7, 11) is -1.93. The fourth-order valence-electron chi connectivity index (χ4n) is 2.88. The summed E-state index contributed by atoms with van der Waals surface area (Å²) in [4.78, 5) is 16.9. The number of aromatic nitrogens is 1. The van der Waals surface area contributed by atoms with Crippen molar-refractivity contribution in [3.8, 4) is 5.75 Å². The van der Waals surface area contributed by atoms with Crippen LogP contribution in [0.15, 0.2) is 52.5 Å². The zero-order chi connectivity index (χ0) is 20.1. The Morgan fingerprint density at radius 2 is 1.93 bits per heavy atom. The summed E-state index contributed by atoms with van der Waals surface area (Å²) >= 11 is 1.26. The van der Waals surface area contributed by atoms with E-state index in [2.05, 4.69) is 10.3 Å². The standard InChI is InChI=1S/C19H23N3O4S2/c1-14(19(23)21-16-7-3-4-8-17(16)26-2)27-18-10-9-15(13-20-18)28(24,25)22-11-5-6-12-22/h3-4,7-10,13-14H,5-6,11-12H2,1-2H3,(H,21,23)/t14-/m1/s1. The molecule has 1 amide bonds. The van der Waals surface area contributed by atoms with Gasteiger partial charge < -0.3 is 10.1 Å². The zero-order valence-electron chi connectivity index (χ0n) is 15.8. The first kappa shape index (κ1) is 20.6. The summed E-state index contributed by atoms with van der Waals surface area (Å²) in [5, 5.41) is 3.01. The number of anilines is 1.